The van der Waals surface area contributed by atoms with Crippen LogP contribution in [0.1, 0.15) is 11.1 Å². The van der Waals surface area contributed by atoms with Crippen molar-refractivity contribution in [3.05, 3.63) is 29.5 Å². The predicted octanol–water partition coefficient (Wildman–Crippen LogP) is 1.09. The van der Waals surface area contributed by atoms with Gasteiger partial charge in [-0.25, -0.2) is 14.6 Å². The van der Waals surface area contributed by atoms with E-state index in [1.165, 1.54) is 12.3 Å². The summed E-state index contributed by atoms with van der Waals surface area (Å²) in [7, 11) is 3.90. The normalized spacial score (nSPS) is 14.4. The van der Waals surface area contributed by atoms with Crippen LogP contribution in [0.3, 0.4) is 0 Å². The van der Waals surface area contributed by atoms with Gasteiger partial charge in [-0.05, 0) is 31.8 Å². The molecule has 112 valence electrons. The SMILES string of the molecule is CN(C)CCN1Cc2cc(C=CC(=O)O)cnc2NC1=O. The Balaban J connectivity index is 2.14. The highest BCUT2D eigenvalue weighted by Gasteiger charge is 2.23. The first kappa shape index (κ1) is 15.0. The van der Waals surface area contributed by atoms with Crippen molar-refractivity contribution in [2.24, 2.45) is 0 Å². The number of pyridine rings is 1. The zero-order valence-corrected chi connectivity index (χ0v) is 12.0. The molecule has 1 aromatic heterocycles. The summed E-state index contributed by atoms with van der Waals surface area (Å²) in [6.07, 6.45) is 4.08. The molecule has 0 saturated carbocycles. The number of hydrogen-bond donors (Lipinski definition) is 2. The summed E-state index contributed by atoms with van der Waals surface area (Å²) in [5.41, 5.74) is 1.57. The number of likely N-dealkylation sites (N-methyl/N-ethyl adjacent to an activating group) is 1. The van der Waals surface area contributed by atoms with Crippen LogP contribution < -0.4 is 5.32 Å². The lowest BCUT2D eigenvalue weighted by Gasteiger charge is -2.29. The molecule has 7 heteroatoms. The summed E-state index contributed by atoms with van der Waals surface area (Å²) in [6, 6.07) is 1.68. The number of aliphatic carboxylic acids is 1. The fraction of sp³-hybridized carbons (Fsp3) is 0.357. The maximum atomic E-state index is 11.9. The minimum atomic E-state index is -1.01. The van der Waals surface area contributed by atoms with Crippen LogP contribution in [0.4, 0.5) is 10.6 Å². The summed E-state index contributed by atoms with van der Waals surface area (Å²) in [4.78, 5) is 30.3. The number of fused-ring (bicyclic) bond motifs is 1. The van der Waals surface area contributed by atoms with Gasteiger partial charge in [-0.3, -0.25) is 5.32 Å². The number of carbonyl (C=O) groups excluding carboxylic acids is 1. The third-order valence-corrected chi connectivity index (χ3v) is 3.10. The first-order chi connectivity index (χ1) is 9.95. The van der Waals surface area contributed by atoms with Crippen LogP contribution >= 0.6 is 0 Å². The van der Waals surface area contributed by atoms with Gasteiger partial charge in [0.2, 0.25) is 0 Å². The van der Waals surface area contributed by atoms with E-state index in [0.717, 1.165) is 18.2 Å². The second kappa shape index (κ2) is 6.36. The van der Waals surface area contributed by atoms with Crippen LogP contribution in [0.2, 0.25) is 0 Å². The number of carboxylic acids is 1. The first-order valence-corrected chi connectivity index (χ1v) is 6.56. The molecule has 2 heterocycles. The fourth-order valence-electron chi connectivity index (χ4n) is 1.98. The number of carboxylic acid groups (broad SMARTS) is 1. The number of rotatable bonds is 5. The van der Waals surface area contributed by atoms with E-state index in [0.29, 0.717) is 24.5 Å². The highest BCUT2D eigenvalue weighted by Crippen LogP contribution is 2.22. The largest absolute Gasteiger partial charge is 0.478 e. The molecule has 0 fully saturated rings. The average Bonchev–Trinajstić information content (AvgIpc) is 2.42. The number of aromatic nitrogens is 1. The van der Waals surface area contributed by atoms with Crippen LogP contribution in [-0.2, 0) is 11.3 Å². The third-order valence-electron chi connectivity index (χ3n) is 3.10. The van der Waals surface area contributed by atoms with Crippen molar-refractivity contribution in [2.45, 2.75) is 6.54 Å². The van der Waals surface area contributed by atoms with Gasteiger partial charge in [-0.15, -0.1) is 0 Å². The number of nitrogens with one attached hydrogen (secondary N) is 1. The maximum Gasteiger partial charge on any atom is 0.328 e. The van der Waals surface area contributed by atoms with Gasteiger partial charge in [-0.2, -0.15) is 0 Å². The van der Waals surface area contributed by atoms with Gasteiger partial charge in [0, 0.05) is 30.9 Å². The van der Waals surface area contributed by atoms with Crippen LogP contribution in [0.25, 0.3) is 6.08 Å². The van der Waals surface area contributed by atoms with Gasteiger partial charge < -0.3 is 14.9 Å². The monoisotopic (exact) mass is 290 g/mol. The second-order valence-corrected chi connectivity index (χ2v) is 5.10. The maximum absolute atomic E-state index is 11.9. The Labute approximate surface area is 122 Å². The molecule has 1 aromatic rings. The molecule has 7 nitrogen and oxygen atoms in total. The Morgan fingerprint density at radius 3 is 3.00 bits per heavy atom. The second-order valence-electron chi connectivity index (χ2n) is 5.10. The molecule has 0 bridgehead atoms. The summed E-state index contributed by atoms with van der Waals surface area (Å²) >= 11 is 0. The summed E-state index contributed by atoms with van der Waals surface area (Å²) in [5, 5.41) is 11.4. The van der Waals surface area contributed by atoms with Gasteiger partial charge in [0.1, 0.15) is 5.82 Å². The van der Waals surface area contributed by atoms with E-state index in [-0.39, 0.29) is 6.03 Å². The quantitative estimate of drug-likeness (QED) is 0.793. The molecule has 0 aliphatic carbocycles. The first-order valence-electron chi connectivity index (χ1n) is 6.56. The number of urea groups is 1. The van der Waals surface area contributed by atoms with E-state index in [4.69, 9.17) is 5.11 Å². The molecule has 2 rings (SSSR count). The molecular weight excluding hydrogens is 272 g/mol. The molecule has 1 aliphatic rings. The average molecular weight is 290 g/mol. The van der Waals surface area contributed by atoms with E-state index in [1.54, 1.807) is 4.90 Å². The van der Waals surface area contributed by atoms with Crippen LogP contribution in [0.5, 0.6) is 0 Å². The molecule has 0 spiro atoms. The topological polar surface area (TPSA) is 85.8 Å². The Hall–Kier alpha value is -2.41. The minimum absolute atomic E-state index is 0.161. The van der Waals surface area contributed by atoms with Crippen LogP contribution in [0, 0.1) is 0 Å². The van der Waals surface area contributed by atoms with Crippen molar-refractivity contribution in [1.82, 2.24) is 14.8 Å². The zero-order chi connectivity index (χ0) is 15.4. The molecule has 2 amide bonds. The number of amides is 2. The van der Waals surface area contributed by atoms with E-state index in [9.17, 15) is 9.59 Å². The van der Waals surface area contributed by atoms with Gasteiger partial charge in [0.05, 0.1) is 6.54 Å². The third kappa shape index (κ3) is 4.03. The molecule has 21 heavy (non-hydrogen) atoms. The molecule has 0 unspecified atom stereocenters. The highest BCUT2D eigenvalue weighted by molar-refractivity contribution is 5.91. The van der Waals surface area contributed by atoms with E-state index < -0.39 is 5.97 Å². The van der Waals surface area contributed by atoms with Gasteiger partial charge >= 0.3 is 12.0 Å². The van der Waals surface area contributed by atoms with Crippen molar-refractivity contribution in [3.8, 4) is 0 Å². The minimum Gasteiger partial charge on any atom is -0.478 e. The van der Waals surface area contributed by atoms with Crippen molar-refractivity contribution in [1.29, 1.82) is 0 Å². The van der Waals surface area contributed by atoms with Gasteiger partial charge in [0.15, 0.2) is 0 Å². The highest BCUT2D eigenvalue weighted by atomic mass is 16.4. The van der Waals surface area contributed by atoms with Crippen LogP contribution in [-0.4, -0.2) is 59.1 Å². The van der Waals surface area contributed by atoms with Crippen molar-refractivity contribution < 1.29 is 14.7 Å². The molecule has 0 atom stereocenters. The lowest BCUT2D eigenvalue weighted by molar-refractivity contribution is -0.131. The summed E-state index contributed by atoms with van der Waals surface area (Å²) < 4.78 is 0. The van der Waals surface area contributed by atoms with Crippen molar-refractivity contribution in [2.75, 3.05) is 32.5 Å². The standard InChI is InChI=1S/C14H18N4O3/c1-17(2)5-6-18-9-11-7-10(3-4-12(19)20)8-15-13(11)16-14(18)21/h3-4,7-8H,5-6,9H2,1-2H3,(H,19,20)(H,15,16,21). The van der Waals surface area contributed by atoms with Gasteiger partial charge in [-0.1, -0.05) is 0 Å². The Kier molecular flexibility index (Phi) is 4.54. The summed E-state index contributed by atoms with van der Waals surface area (Å²) in [6.45, 7) is 1.86. The van der Waals surface area contributed by atoms with Crippen molar-refractivity contribution in [3.63, 3.8) is 0 Å². The number of carbonyl (C=O) groups is 2. The van der Waals surface area contributed by atoms with Crippen LogP contribution in [0.15, 0.2) is 18.3 Å². The molecule has 0 aromatic carbocycles. The molecular formula is C14H18N4O3. The number of nitrogens with zero attached hydrogens (tertiary/aromatic N) is 3. The van der Waals surface area contributed by atoms with E-state index in [1.807, 2.05) is 25.1 Å². The Morgan fingerprint density at radius 2 is 2.33 bits per heavy atom. The Morgan fingerprint density at radius 1 is 1.57 bits per heavy atom. The fourth-order valence-corrected chi connectivity index (χ4v) is 1.98. The summed E-state index contributed by atoms with van der Waals surface area (Å²) in [5.74, 6) is -0.470. The lowest BCUT2D eigenvalue weighted by Crippen LogP contribution is -2.42. The predicted molar refractivity (Wildman–Crippen MR) is 78.9 cm³/mol. The number of anilines is 1. The zero-order valence-electron chi connectivity index (χ0n) is 12.0. The smallest absolute Gasteiger partial charge is 0.328 e. The molecule has 0 radical (unpaired) electrons. The van der Waals surface area contributed by atoms with Crippen molar-refractivity contribution >= 4 is 23.9 Å². The molecule has 2 N–H and O–H groups in total. The van der Waals surface area contributed by atoms with E-state index in [2.05, 4.69) is 10.3 Å². The van der Waals surface area contributed by atoms with E-state index >= 15 is 0 Å². The van der Waals surface area contributed by atoms with Gasteiger partial charge in [0.25, 0.3) is 0 Å². The number of hydrogen-bond acceptors (Lipinski definition) is 4. The molecule has 0 saturated heterocycles. The lowest BCUT2D eigenvalue weighted by atomic mass is 10.1. The Bertz CT molecular complexity index is 584. The molecule has 1 aliphatic heterocycles.